The number of ether oxygens (including phenoxy) is 1. The number of rotatable bonds is 5. The molecule has 0 aliphatic carbocycles. The Kier molecular flexibility index (Phi) is 4.24. The zero-order valence-electron chi connectivity index (χ0n) is 13.0. The van der Waals surface area contributed by atoms with Gasteiger partial charge in [-0.1, -0.05) is 12.1 Å². The quantitative estimate of drug-likeness (QED) is 0.910. The van der Waals surface area contributed by atoms with E-state index in [1.165, 1.54) is 10.9 Å². The van der Waals surface area contributed by atoms with Crippen LogP contribution in [0.2, 0.25) is 0 Å². The minimum atomic E-state index is 0.384. The monoisotopic (exact) mass is 288 g/mol. The van der Waals surface area contributed by atoms with E-state index >= 15 is 0 Å². The number of benzene rings is 1. The summed E-state index contributed by atoms with van der Waals surface area (Å²) in [7, 11) is 6.18. The van der Waals surface area contributed by atoms with Crippen LogP contribution in [0.3, 0.4) is 0 Å². The Balaban J connectivity index is 1.59. The summed E-state index contributed by atoms with van der Waals surface area (Å²) in [5, 5.41) is 8.27. The van der Waals surface area contributed by atoms with Gasteiger partial charge in [-0.3, -0.25) is 10.00 Å². The molecule has 0 amide bonds. The summed E-state index contributed by atoms with van der Waals surface area (Å²) < 4.78 is 5.48. The molecule has 2 atom stereocenters. The SMILES string of the molecule is CO[C@H]1C[C@@H](CN(C)Cc2ccc3cn[nH]c3c2)N(C)C1. The lowest BCUT2D eigenvalue weighted by Gasteiger charge is -2.25. The van der Waals surface area contributed by atoms with E-state index in [0.717, 1.165) is 31.6 Å². The summed E-state index contributed by atoms with van der Waals surface area (Å²) in [6, 6.07) is 7.08. The first-order chi connectivity index (χ1) is 10.2. The highest BCUT2D eigenvalue weighted by atomic mass is 16.5. The fourth-order valence-electron chi connectivity index (χ4n) is 3.23. The molecule has 0 spiro atoms. The van der Waals surface area contributed by atoms with E-state index in [2.05, 4.69) is 52.3 Å². The van der Waals surface area contributed by atoms with Gasteiger partial charge in [-0.2, -0.15) is 5.10 Å². The second-order valence-corrected chi connectivity index (χ2v) is 6.18. The number of methoxy groups -OCH3 is 1. The van der Waals surface area contributed by atoms with Crippen LogP contribution in [0.1, 0.15) is 12.0 Å². The number of fused-ring (bicyclic) bond motifs is 1. The molecule has 1 aromatic heterocycles. The Hall–Kier alpha value is -1.43. The minimum Gasteiger partial charge on any atom is -0.380 e. The Labute approximate surface area is 125 Å². The molecule has 0 bridgehead atoms. The van der Waals surface area contributed by atoms with Crippen LogP contribution in [-0.4, -0.2) is 66.4 Å². The standard InChI is InChI=1S/C16H24N4O/c1-19(10-14-7-15(21-3)11-20(14)2)9-12-4-5-13-8-17-18-16(13)6-12/h4-6,8,14-15H,7,9-11H2,1-3H3,(H,17,18)/t14-,15-/m0/s1. The van der Waals surface area contributed by atoms with Crippen molar-refractivity contribution in [3.63, 3.8) is 0 Å². The molecule has 2 aromatic rings. The van der Waals surface area contributed by atoms with Crippen molar-refractivity contribution < 1.29 is 4.74 Å². The van der Waals surface area contributed by atoms with Gasteiger partial charge < -0.3 is 9.64 Å². The second-order valence-electron chi connectivity index (χ2n) is 6.18. The van der Waals surface area contributed by atoms with E-state index in [9.17, 15) is 0 Å². The molecule has 1 fully saturated rings. The molecule has 21 heavy (non-hydrogen) atoms. The third-order valence-corrected chi connectivity index (χ3v) is 4.46. The first kappa shape index (κ1) is 14.5. The van der Waals surface area contributed by atoms with Gasteiger partial charge in [-0.05, 0) is 32.1 Å². The van der Waals surface area contributed by atoms with E-state index in [-0.39, 0.29) is 0 Å². The van der Waals surface area contributed by atoms with Gasteiger partial charge in [0, 0.05) is 38.2 Å². The highest BCUT2D eigenvalue weighted by molar-refractivity contribution is 5.78. The van der Waals surface area contributed by atoms with Gasteiger partial charge >= 0.3 is 0 Å². The molecule has 3 rings (SSSR count). The van der Waals surface area contributed by atoms with Crippen molar-refractivity contribution in [1.82, 2.24) is 20.0 Å². The molecule has 5 heteroatoms. The third-order valence-electron chi connectivity index (χ3n) is 4.46. The lowest BCUT2D eigenvalue weighted by Crippen LogP contribution is -2.36. The number of aromatic nitrogens is 2. The molecule has 1 N–H and O–H groups in total. The summed E-state index contributed by atoms with van der Waals surface area (Å²) in [6.07, 6.45) is 3.37. The number of H-pyrrole nitrogens is 1. The zero-order chi connectivity index (χ0) is 14.8. The summed E-state index contributed by atoms with van der Waals surface area (Å²) in [6.45, 7) is 3.06. The third kappa shape index (κ3) is 3.26. The summed E-state index contributed by atoms with van der Waals surface area (Å²) in [4.78, 5) is 4.79. The van der Waals surface area contributed by atoms with E-state index in [4.69, 9.17) is 4.74 Å². The zero-order valence-corrected chi connectivity index (χ0v) is 13.0. The highest BCUT2D eigenvalue weighted by Gasteiger charge is 2.29. The van der Waals surface area contributed by atoms with Gasteiger partial charge in [0.15, 0.2) is 0 Å². The van der Waals surface area contributed by atoms with E-state index in [1.807, 2.05) is 13.3 Å². The largest absolute Gasteiger partial charge is 0.380 e. The molecule has 2 heterocycles. The average molecular weight is 288 g/mol. The Morgan fingerprint density at radius 3 is 3.10 bits per heavy atom. The maximum atomic E-state index is 5.48. The van der Waals surface area contributed by atoms with Crippen molar-refractivity contribution >= 4 is 10.9 Å². The van der Waals surface area contributed by atoms with Gasteiger partial charge in [0.25, 0.3) is 0 Å². The molecule has 1 aromatic carbocycles. The number of likely N-dealkylation sites (N-methyl/N-ethyl adjacent to an activating group) is 2. The molecular formula is C16H24N4O. The van der Waals surface area contributed by atoms with Crippen LogP contribution in [0.4, 0.5) is 0 Å². The van der Waals surface area contributed by atoms with Crippen molar-refractivity contribution in [3.05, 3.63) is 30.0 Å². The number of nitrogens with zero attached hydrogens (tertiary/aromatic N) is 3. The van der Waals surface area contributed by atoms with Crippen LogP contribution in [-0.2, 0) is 11.3 Å². The normalized spacial score (nSPS) is 23.4. The van der Waals surface area contributed by atoms with Crippen molar-refractivity contribution in [2.24, 2.45) is 0 Å². The summed E-state index contributed by atoms with van der Waals surface area (Å²) in [5.74, 6) is 0. The molecule has 114 valence electrons. The minimum absolute atomic E-state index is 0.384. The van der Waals surface area contributed by atoms with Gasteiger partial charge in [0.2, 0.25) is 0 Å². The number of likely N-dealkylation sites (tertiary alicyclic amines) is 1. The maximum absolute atomic E-state index is 5.48. The molecule has 0 saturated carbocycles. The fraction of sp³-hybridized carbons (Fsp3) is 0.562. The van der Waals surface area contributed by atoms with Gasteiger partial charge in [-0.15, -0.1) is 0 Å². The number of nitrogens with one attached hydrogen (secondary N) is 1. The van der Waals surface area contributed by atoms with Crippen LogP contribution in [0.5, 0.6) is 0 Å². The molecule has 5 nitrogen and oxygen atoms in total. The first-order valence-electron chi connectivity index (χ1n) is 7.49. The lowest BCUT2D eigenvalue weighted by atomic mass is 10.1. The van der Waals surface area contributed by atoms with Crippen LogP contribution in [0, 0.1) is 0 Å². The summed E-state index contributed by atoms with van der Waals surface area (Å²) >= 11 is 0. The summed E-state index contributed by atoms with van der Waals surface area (Å²) in [5.41, 5.74) is 2.43. The predicted molar refractivity (Wildman–Crippen MR) is 84.3 cm³/mol. The molecule has 0 unspecified atom stereocenters. The van der Waals surface area contributed by atoms with Crippen LogP contribution >= 0.6 is 0 Å². The topological polar surface area (TPSA) is 44.4 Å². The van der Waals surface area contributed by atoms with E-state index in [1.54, 1.807) is 0 Å². The second kappa shape index (κ2) is 6.13. The molecule has 0 radical (unpaired) electrons. The van der Waals surface area contributed by atoms with Crippen molar-refractivity contribution in [2.45, 2.75) is 25.1 Å². The fourth-order valence-corrected chi connectivity index (χ4v) is 3.23. The van der Waals surface area contributed by atoms with Gasteiger partial charge in [-0.25, -0.2) is 0 Å². The van der Waals surface area contributed by atoms with E-state index in [0.29, 0.717) is 12.1 Å². The lowest BCUT2D eigenvalue weighted by molar-refractivity contribution is 0.111. The molecule has 1 aliphatic rings. The van der Waals surface area contributed by atoms with Gasteiger partial charge in [0.05, 0.1) is 17.8 Å². The Morgan fingerprint density at radius 2 is 2.33 bits per heavy atom. The van der Waals surface area contributed by atoms with Crippen LogP contribution in [0.25, 0.3) is 10.9 Å². The van der Waals surface area contributed by atoms with Gasteiger partial charge in [0.1, 0.15) is 0 Å². The number of hydrogen-bond donors (Lipinski definition) is 1. The predicted octanol–water partition coefficient (Wildman–Crippen LogP) is 1.71. The maximum Gasteiger partial charge on any atom is 0.0713 e. The molecule has 1 saturated heterocycles. The molecular weight excluding hydrogens is 264 g/mol. The number of aromatic amines is 1. The average Bonchev–Trinajstić information content (AvgIpc) is 3.05. The van der Waals surface area contributed by atoms with Crippen LogP contribution < -0.4 is 0 Å². The van der Waals surface area contributed by atoms with Crippen LogP contribution in [0.15, 0.2) is 24.4 Å². The first-order valence-corrected chi connectivity index (χ1v) is 7.49. The van der Waals surface area contributed by atoms with Crippen molar-refractivity contribution in [2.75, 3.05) is 34.3 Å². The molecule has 1 aliphatic heterocycles. The Bertz CT molecular complexity index is 597. The number of hydrogen-bond acceptors (Lipinski definition) is 4. The highest BCUT2D eigenvalue weighted by Crippen LogP contribution is 2.20. The van der Waals surface area contributed by atoms with Crippen molar-refractivity contribution in [3.8, 4) is 0 Å². The van der Waals surface area contributed by atoms with E-state index < -0.39 is 0 Å². The smallest absolute Gasteiger partial charge is 0.0713 e. The van der Waals surface area contributed by atoms with Crippen molar-refractivity contribution in [1.29, 1.82) is 0 Å². The Morgan fingerprint density at radius 1 is 1.48 bits per heavy atom.